The van der Waals surface area contributed by atoms with Crippen LogP contribution in [0.25, 0.3) is 0 Å². The van der Waals surface area contributed by atoms with Crippen molar-refractivity contribution in [3.8, 4) is 0 Å². The fourth-order valence-electron chi connectivity index (χ4n) is 2.05. The minimum Gasteiger partial charge on any atom is -0.379 e. The molecule has 1 aliphatic rings. The molecular weight excluding hydrogens is 290 g/mol. The van der Waals surface area contributed by atoms with Crippen molar-refractivity contribution >= 4 is 21.6 Å². The van der Waals surface area contributed by atoms with Crippen LogP contribution in [0.1, 0.15) is 30.1 Å². The van der Waals surface area contributed by atoms with Crippen LogP contribution in [0.5, 0.6) is 0 Å². The van der Waals surface area contributed by atoms with Gasteiger partial charge in [0, 0.05) is 22.4 Å². The molecule has 0 bridgehead atoms. The lowest BCUT2D eigenvalue weighted by Crippen LogP contribution is -2.05. The normalized spacial score (nSPS) is 14.8. The van der Waals surface area contributed by atoms with Gasteiger partial charge in [-0.2, -0.15) is 0 Å². The van der Waals surface area contributed by atoms with E-state index in [-0.39, 0.29) is 0 Å². The quantitative estimate of drug-likeness (QED) is 0.928. The molecule has 0 atom stereocenters. The van der Waals surface area contributed by atoms with Crippen molar-refractivity contribution in [1.29, 1.82) is 0 Å². The van der Waals surface area contributed by atoms with E-state index in [0.29, 0.717) is 6.04 Å². The fraction of sp³-hybridized carbons (Fsp3) is 0.357. The minimum absolute atomic E-state index is 0.689. The third-order valence-corrected chi connectivity index (χ3v) is 4.19. The summed E-state index contributed by atoms with van der Waals surface area (Å²) < 4.78 is 3.43. The number of imidazole rings is 1. The van der Waals surface area contributed by atoms with E-state index >= 15 is 0 Å². The van der Waals surface area contributed by atoms with E-state index in [4.69, 9.17) is 0 Å². The molecule has 1 fully saturated rings. The number of aryl methyl sites for hydroxylation is 1. The van der Waals surface area contributed by atoms with Crippen molar-refractivity contribution in [2.24, 2.45) is 0 Å². The van der Waals surface area contributed by atoms with Crippen LogP contribution in [0.4, 0.5) is 5.69 Å². The van der Waals surface area contributed by atoms with Crippen molar-refractivity contribution in [3.05, 3.63) is 46.5 Å². The highest BCUT2D eigenvalue weighted by atomic mass is 79.9. The number of nitrogens with one attached hydrogen (secondary N) is 1. The molecule has 1 aromatic heterocycles. The van der Waals surface area contributed by atoms with Crippen LogP contribution in [0, 0.1) is 6.92 Å². The molecule has 0 unspecified atom stereocenters. The Balaban J connectivity index is 1.69. The zero-order valence-corrected chi connectivity index (χ0v) is 11.9. The summed E-state index contributed by atoms with van der Waals surface area (Å²) in [5, 5.41) is 3.45. The molecule has 18 heavy (non-hydrogen) atoms. The average molecular weight is 306 g/mol. The van der Waals surface area contributed by atoms with Crippen LogP contribution in [-0.4, -0.2) is 9.55 Å². The molecule has 3 nitrogen and oxygen atoms in total. The van der Waals surface area contributed by atoms with Gasteiger partial charge in [-0.15, -0.1) is 0 Å². The maximum Gasteiger partial charge on any atom is 0.0951 e. The number of rotatable bonds is 4. The van der Waals surface area contributed by atoms with Crippen LogP contribution >= 0.6 is 15.9 Å². The summed E-state index contributed by atoms with van der Waals surface area (Å²) in [5.74, 6) is 0. The molecule has 0 spiro atoms. The Morgan fingerprint density at radius 1 is 1.44 bits per heavy atom. The fourth-order valence-corrected chi connectivity index (χ4v) is 2.42. The molecule has 1 aliphatic carbocycles. The highest BCUT2D eigenvalue weighted by molar-refractivity contribution is 9.10. The lowest BCUT2D eigenvalue weighted by molar-refractivity contribution is 0.701. The third kappa shape index (κ3) is 2.43. The van der Waals surface area contributed by atoms with Crippen molar-refractivity contribution in [2.75, 3.05) is 5.32 Å². The molecule has 1 N–H and O–H groups in total. The zero-order valence-electron chi connectivity index (χ0n) is 10.4. The van der Waals surface area contributed by atoms with Gasteiger partial charge in [-0.25, -0.2) is 4.98 Å². The van der Waals surface area contributed by atoms with E-state index in [0.717, 1.165) is 16.7 Å². The molecule has 0 amide bonds. The van der Waals surface area contributed by atoms with Gasteiger partial charge in [-0.3, -0.25) is 0 Å². The van der Waals surface area contributed by atoms with Gasteiger partial charge < -0.3 is 9.88 Å². The van der Waals surface area contributed by atoms with Crippen molar-refractivity contribution in [3.63, 3.8) is 0 Å². The van der Waals surface area contributed by atoms with E-state index < -0.39 is 0 Å². The lowest BCUT2D eigenvalue weighted by Gasteiger charge is -2.10. The lowest BCUT2D eigenvalue weighted by atomic mass is 10.2. The number of aromatic nitrogens is 2. The van der Waals surface area contributed by atoms with Crippen LogP contribution in [-0.2, 0) is 6.54 Å². The van der Waals surface area contributed by atoms with E-state index in [1.54, 1.807) is 0 Å². The van der Waals surface area contributed by atoms with E-state index in [1.165, 1.54) is 24.1 Å². The SMILES string of the molecule is Cc1ccc(NCc2cncn2C2CC2)cc1Br. The summed E-state index contributed by atoms with van der Waals surface area (Å²) in [5.41, 5.74) is 3.65. The molecule has 1 aromatic carbocycles. The highest BCUT2D eigenvalue weighted by Gasteiger charge is 2.24. The van der Waals surface area contributed by atoms with Crippen LogP contribution in [0.15, 0.2) is 35.2 Å². The number of nitrogens with zero attached hydrogens (tertiary/aromatic N) is 2. The predicted octanol–water partition coefficient (Wildman–Crippen LogP) is 3.90. The minimum atomic E-state index is 0.689. The number of hydrogen-bond acceptors (Lipinski definition) is 2. The van der Waals surface area contributed by atoms with Crippen molar-refractivity contribution in [2.45, 2.75) is 32.4 Å². The molecular formula is C14H16BrN3. The average Bonchev–Trinajstić information content (AvgIpc) is 3.10. The Hall–Kier alpha value is -1.29. The molecule has 1 heterocycles. The topological polar surface area (TPSA) is 29.9 Å². The second-order valence-electron chi connectivity index (χ2n) is 4.84. The van der Waals surface area contributed by atoms with Gasteiger partial charge >= 0.3 is 0 Å². The first kappa shape index (κ1) is 11.8. The van der Waals surface area contributed by atoms with E-state index in [9.17, 15) is 0 Å². The first-order valence-corrected chi connectivity index (χ1v) is 7.04. The molecule has 0 aliphatic heterocycles. The Morgan fingerprint density at radius 2 is 2.28 bits per heavy atom. The Morgan fingerprint density at radius 3 is 3.00 bits per heavy atom. The van der Waals surface area contributed by atoms with Gasteiger partial charge in [0.05, 0.1) is 18.6 Å². The Bertz CT molecular complexity index is 558. The molecule has 0 saturated heterocycles. The number of benzene rings is 1. The molecule has 1 saturated carbocycles. The first-order chi connectivity index (χ1) is 8.74. The standard InChI is InChI=1S/C14H16BrN3/c1-10-2-3-11(6-14(10)15)17-8-13-7-16-9-18(13)12-4-5-12/h2-3,6-7,9,12,17H,4-5,8H2,1H3. The number of halogens is 1. The maximum absolute atomic E-state index is 4.24. The molecule has 3 rings (SSSR count). The van der Waals surface area contributed by atoms with Crippen LogP contribution in [0.2, 0.25) is 0 Å². The van der Waals surface area contributed by atoms with Crippen LogP contribution in [0.3, 0.4) is 0 Å². The zero-order chi connectivity index (χ0) is 12.5. The summed E-state index contributed by atoms with van der Waals surface area (Å²) >= 11 is 3.55. The second-order valence-corrected chi connectivity index (χ2v) is 5.70. The maximum atomic E-state index is 4.24. The molecule has 4 heteroatoms. The van der Waals surface area contributed by atoms with E-state index in [1.807, 2.05) is 12.5 Å². The summed E-state index contributed by atoms with van der Waals surface area (Å²) in [7, 11) is 0. The monoisotopic (exact) mass is 305 g/mol. The summed E-state index contributed by atoms with van der Waals surface area (Å²) in [6, 6.07) is 7.03. The highest BCUT2D eigenvalue weighted by Crippen LogP contribution is 2.35. The van der Waals surface area contributed by atoms with Gasteiger partial charge in [-0.05, 0) is 37.5 Å². The summed E-state index contributed by atoms with van der Waals surface area (Å²) in [4.78, 5) is 4.24. The molecule has 0 radical (unpaired) electrons. The Labute approximate surface area is 115 Å². The smallest absolute Gasteiger partial charge is 0.0951 e. The van der Waals surface area contributed by atoms with Crippen molar-refractivity contribution in [1.82, 2.24) is 9.55 Å². The molecule has 94 valence electrons. The summed E-state index contributed by atoms with van der Waals surface area (Å²) in [6.07, 6.45) is 6.48. The van der Waals surface area contributed by atoms with Gasteiger partial charge in [0.25, 0.3) is 0 Å². The number of hydrogen-bond donors (Lipinski definition) is 1. The third-order valence-electron chi connectivity index (χ3n) is 3.33. The predicted molar refractivity (Wildman–Crippen MR) is 76.7 cm³/mol. The van der Waals surface area contributed by atoms with Gasteiger partial charge in [0.2, 0.25) is 0 Å². The van der Waals surface area contributed by atoms with Crippen LogP contribution < -0.4 is 5.32 Å². The van der Waals surface area contributed by atoms with Gasteiger partial charge in [0.1, 0.15) is 0 Å². The van der Waals surface area contributed by atoms with E-state index in [2.05, 4.69) is 55.9 Å². The molecule has 2 aromatic rings. The van der Waals surface area contributed by atoms with Crippen molar-refractivity contribution < 1.29 is 0 Å². The Kier molecular flexibility index (Phi) is 3.12. The number of anilines is 1. The summed E-state index contributed by atoms with van der Waals surface area (Å²) in [6.45, 7) is 2.92. The van der Waals surface area contributed by atoms with Gasteiger partial charge in [-0.1, -0.05) is 22.0 Å². The largest absolute Gasteiger partial charge is 0.379 e. The van der Waals surface area contributed by atoms with Gasteiger partial charge in [0.15, 0.2) is 0 Å². The second kappa shape index (κ2) is 4.76. The first-order valence-electron chi connectivity index (χ1n) is 6.25.